The Bertz CT molecular complexity index is 411. The van der Waals surface area contributed by atoms with Crippen LogP contribution in [0.25, 0.3) is 0 Å². The number of hydrogen-bond acceptors (Lipinski definition) is 5. The molecule has 1 aliphatic rings. The predicted octanol–water partition coefficient (Wildman–Crippen LogP) is -0.503. The summed E-state index contributed by atoms with van der Waals surface area (Å²) >= 11 is 0. The van der Waals surface area contributed by atoms with Gasteiger partial charge in [-0.2, -0.15) is 0 Å². The average molecular weight is 237 g/mol. The number of aliphatic hydroxyl groups is 1. The highest BCUT2D eigenvalue weighted by Gasteiger charge is 2.25. The normalized spacial score (nSPS) is 20.3. The molecule has 2 rings (SSSR count). The molecule has 6 nitrogen and oxygen atoms in total. The zero-order valence-electron chi connectivity index (χ0n) is 9.37. The molecule has 0 saturated carbocycles. The molecule has 1 atom stereocenters. The van der Waals surface area contributed by atoms with E-state index in [4.69, 9.17) is 15.6 Å². The Morgan fingerprint density at radius 1 is 1.71 bits per heavy atom. The molecule has 1 fully saturated rings. The number of rotatable bonds is 2. The second-order valence-electron chi connectivity index (χ2n) is 3.86. The number of hydrogen-bond donors (Lipinski definition) is 2. The first-order valence-corrected chi connectivity index (χ1v) is 5.44. The fourth-order valence-corrected chi connectivity index (χ4v) is 1.78. The number of anilines is 1. The van der Waals surface area contributed by atoms with E-state index in [0.717, 1.165) is 0 Å². The zero-order chi connectivity index (χ0) is 12.3. The van der Waals surface area contributed by atoms with E-state index in [1.54, 1.807) is 23.2 Å². The molecule has 0 radical (unpaired) electrons. The van der Waals surface area contributed by atoms with E-state index in [1.807, 2.05) is 0 Å². The van der Waals surface area contributed by atoms with Crippen LogP contribution >= 0.6 is 0 Å². The number of carbonyl (C=O) groups is 1. The van der Waals surface area contributed by atoms with Crippen LogP contribution in [0.15, 0.2) is 18.3 Å². The highest BCUT2D eigenvalue weighted by molar-refractivity contribution is 5.98. The van der Waals surface area contributed by atoms with Crippen molar-refractivity contribution in [2.45, 2.75) is 6.10 Å². The molecule has 2 heterocycles. The molecule has 0 aliphatic carbocycles. The molecule has 1 aromatic heterocycles. The Hall–Kier alpha value is -1.66. The van der Waals surface area contributed by atoms with Gasteiger partial charge in [0.05, 0.1) is 24.9 Å². The number of aromatic nitrogens is 1. The number of aliphatic hydroxyl groups excluding tert-OH is 1. The van der Waals surface area contributed by atoms with Gasteiger partial charge < -0.3 is 20.5 Å². The fourth-order valence-electron chi connectivity index (χ4n) is 1.78. The van der Waals surface area contributed by atoms with Gasteiger partial charge in [-0.1, -0.05) is 0 Å². The monoisotopic (exact) mass is 237 g/mol. The standard InChI is InChI=1S/C11H15N3O3/c12-10-9(2-1-3-13-10)11(16)14-4-5-17-8(6-14)7-15/h1-3,8,15H,4-7H2,(H2,12,13). The minimum Gasteiger partial charge on any atom is -0.394 e. The zero-order valence-corrected chi connectivity index (χ0v) is 9.37. The maximum Gasteiger partial charge on any atom is 0.257 e. The van der Waals surface area contributed by atoms with Crippen molar-refractivity contribution in [3.05, 3.63) is 23.9 Å². The third-order valence-corrected chi connectivity index (χ3v) is 2.70. The largest absolute Gasteiger partial charge is 0.394 e. The highest BCUT2D eigenvalue weighted by atomic mass is 16.5. The lowest BCUT2D eigenvalue weighted by molar-refractivity contribution is -0.0447. The van der Waals surface area contributed by atoms with Gasteiger partial charge in [0.1, 0.15) is 5.82 Å². The molecule has 3 N–H and O–H groups in total. The van der Waals surface area contributed by atoms with Gasteiger partial charge in [-0.3, -0.25) is 4.79 Å². The molecule has 1 saturated heterocycles. The van der Waals surface area contributed by atoms with Gasteiger partial charge in [0.25, 0.3) is 5.91 Å². The smallest absolute Gasteiger partial charge is 0.257 e. The molecule has 0 aromatic carbocycles. The first-order valence-electron chi connectivity index (χ1n) is 5.44. The number of ether oxygens (including phenoxy) is 1. The minimum atomic E-state index is -0.314. The van der Waals surface area contributed by atoms with Crippen molar-refractivity contribution in [1.82, 2.24) is 9.88 Å². The van der Waals surface area contributed by atoms with Crippen molar-refractivity contribution in [2.75, 3.05) is 32.0 Å². The lowest BCUT2D eigenvalue weighted by atomic mass is 10.2. The van der Waals surface area contributed by atoms with Gasteiger partial charge in [0, 0.05) is 19.3 Å². The van der Waals surface area contributed by atoms with E-state index >= 15 is 0 Å². The van der Waals surface area contributed by atoms with Crippen molar-refractivity contribution in [3.63, 3.8) is 0 Å². The molecule has 0 bridgehead atoms. The number of nitrogens with zero attached hydrogens (tertiary/aromatic N) is 2. The van der Waals surface area contributed by atoms with Gasteiger partial charge in [-0.15, -0.1) is 0 Å². The number of amides is 1. The molecule has 1 aliphatic heterocycles. The van der Waals surface area contributed by atoms with Crippen LogP contribution in [0.1, 0.15) is 10.4 Å². The number of morpholine rings is 1. The Morgan fingerprint density at radius 2 is 2.53 bits per heavy atom. The quantitative estimate of drug-likeness (QED) is 0.723. The van der Waals surface area contributed by atoms with Gasteiger partial charge in [0.2, 0.25) is 0 Å². The molecule has 1 aromatic rings. The number of carbonyl (C=O) groups excluding carboxylic acids is 1. The molecule has 92 valence electrons. The molecule has 17 heavy (non-hydrogen) atoms. The summed E-state index contributed by atoms with van der Waals surface area (Å²) in [7, 11) is 0. The first-order chi connectivity index (χ1) is 8.22. The lowest BCUT2D eigenvalue weighted by Gasteiger charge is -2.32. The van der Waals surface area contributed by atoms with Crippen LogP contribution in [0.3, 0.4) is 0 Å². The first kappa shape index (κ1) is 11.8. The SMILES string of the molecule is Nc1ncccc1C(=O)N1CCOC(CO)C1. The summed E-state index contributed by atoms with van der Waals surface area (Å²) in [5.74, 6) is 0.0573. The van der Waals surface area contributed by atoms with E-state index in [9.17, 15) is 4.79 Å². The summed E-state index contributed by atoms with van der Waals surface area (Å²) in [6, 6.07) is 3.32. The summed E-state index contributed by atoms with van der Waals surface area (Å²) in [6.07, 6.45) is 1.23. The van der Waals surface area contributed by atoms with Gasteiger partial charge in [0.15, 0.2) is 0 Å². The minimum absolute atomic E-state index is 0.0910. The third-order valence-electron chi connectivity index (χ3n) is 2.70. The molecule has 6 heteroatoms. The van der Waals surface area contributed by atoms with Crippen LogP contribution in [0.2, 0.25) is 0 Å². The molecule has 0 spiro atoms. The summed E-state index contributed by atoms with van der Waals surface area (Å²) in [5.41, 5.74) is 6.05. The van der Waals surface area contributed by atoms with Gasteiger partial charge in [-0.25, -0.2) is 4.98 Å². The average Bonchev–Trinajstić information content (AvgIpc) is 2.38. The maximum atomic E-state index is 12.2. The van der Waals surface area contributed by atoms with E-state index in [-0.39, 0.29) is 24.4 Å². The second-order valence-corrected chi connectivity index (χ2v) is 3.86. The summed E-state index contributed by atoms with van der Waals surface area (Å²) in [5, 5.41) is 9.02. The highest BCUT2D eigenvalue weighted by Crippen LogP contribution is 2.13. The topological polar surface area (TPSA) is 88.7 Å². The second kappa shape index (κ2) is 5.11. The Kier molecular flexibility index (Phi) is 3.55. The van der Waals surface area contributed by atoms with Crippen LogP contribution in [0.4, 0.5) is 5.82 Å². The number of pyridine rings is 1. The van der Waals surface area contributed by atoms with Crippen LogP contribution in [0.5, 0.6) is 0 Å². The Balaban J connectivity index is 2.12. The van der Waals surface area contributed by atoms with Gasteiger partial charge in [-0.05, 0) is 12.1 Å². The van der Waals surface area contributed by atoms with Crippen LogP contribution < -0.4 is 5.73 Å². The van der Waals surface area contributed by atoms with Crippen molar-refractivity contribution >= 4 is 11.7 Å². The van der Waals surface area contributed by atoms with Crippen LogP contribution in [-0.2, 0) is 4.74 Å². The van der Waals surface area contributed by atoms with Gasteiger partial charge >= 0.3 is 0 Å². The van der Waals surface area contributed by atoms with E-state index in [0.29, 0.717) is 25.3 Å². The lowest BCUT2D eigenvalue weighted by Crippen LogP contribution is -2.47. The predicted molar refractivity (Wildman–Crippen MR) is 61.4 cm³/mol. The van der Waals surface area contributed by atoms with E-state index < -0.39 is 0 Å². The number of nitrogen functional groups attached to an aromatic ring is 1. The van der Waals surface area contributed by atoms with E-state index in [1.165, 1.54) is 0 Å². The molecular formula is C11H15N3O3. The van der Waals surface area contributed by atoms with Crippen molar-refractivity contribution in [1.29, 1.82) is 0 Å². The summed E-state index contributed by atoms with van der Waals surface area (Å²) < 4.78 is 5.28. The molecular weight excluding hydrogens is 222 g/mol. The van der Waals surface area contributed by atoms with Crippen molar-refractivity contribution in [3.8, 4) is 0 Å². The van der Waals surface area contributed by atoms with Crippen molar-refractivity contribution in [2.24, 2.45) is 0 Å². The van der Waals surface area contributed by atoms with E-state index in [2.05, 4.69) is 4.98 Å². The Labute approximate surface area is 99.0 Å². The Morgan fingerprint density at radius 3 is 3.24 bits per heavy atom. The number of nitrogens with two attached hydrogens (primary N) is 1. The van der Waals surface area contributed by atoms with Crippen molar-refractivity contribution < 1.29 is 14.6 Å². The summed E-state index contributed by atoms with van der Waals surface area (Å²) in [4.78, 5) is 17.7. The van der Waals surface area contributed by atoms with Crippen LogP contribution in [-0.4, -0.2) is 53.3 Å². The summed E-state index contributed by atoms with van der Waals surface area (Å²) in [6.45, 7) is 1.22. The molecule has 1 amide bonds. The molecule has 1 unspecified atom stereocenters. The fraction of sp³-hybridized carbons (Fsp3) is 0.455. The maximum absolute atomic E-state index is 12.2. The third kappa shape index (κ3) is 2.54. The van der Waals surface area contributed by atoms with Crippen LogP contribution in [0, 0.1) is 0 Å².